The molecule has 0 aromatic heterocycles. The molecule has 2 N–H and O–H groups in total. The molecule has 0 radical (unpaired) electrons. The highest BCUT2D eigenvalue weighted by atomic mass is 19.4. The zero-order chi connectivity index (χ0) is 40.0. The number of aromatic hydroxyl groups is 1. The SMILES string of the molecule is CN(CCCCCCC(F)(F)C(F)(F)C(F)(F)C(F)(F)C(F)(F)C(F)(F)F)CCCC(F)C[C@@H]1Cc2cc(O)ccc2[C@H]2CC[C@]3(C)[C@@H](O)CC[C@H]3[C@H]12. The van der Waals surface area contributed by atoms with Crippen LogP contribution in [-0.2, 0) is 6.42 Å². The Morgan fingerprint density at radius 3 is 2.04 bits per heavy atom. The molecular formula is C36H47F14NO2. The van der Waals surface area contributed by atoms with E-state index in [9.17, 15) is 67.3 Å². The Morgan fingerprint density at radius 1 is 0.792 bits per heavy atom. The van der Waals surface area contributed by atoms with Crippen molar-refractivity contribution in [3.63, 3.8) is 0 Å². The minimum absolute atomic E-state index is 0.0211. The number of benzene rings is 1. The summed E-state index contributed by atoms with van der Waals surface area (Å²) in [6.45, 7) is 2.92. The molecule has 1 aromatic rings. The van der Waals surface area contributed by atoms with Gasteiger partial charge >= 0.3 is 35.8 Å². The van der Waals surface area contributed by atoms with Crippen LogP contribution < -0.4 is 0 Å². The summed E-state index contributed by atoms with van der Waals surface area (Å²) in [4.78, 5) is 1.81. The van der Waals surface area contributed by atoms with Crippen molar-refractivity contribution in [3.8, 4) is 5.75 Å². The van der Waals surface area contributed by atoms with E-state index in [4.69, 9.17) is 0 Å². The van der Waals surface area contributed by atoms with Gasteiger partial charge in [0.1, 0.15) is 11.9 Å². The number of hydrogen-bond acceptors (Lipinski definition) is 3. The lowest BCUT2D eigenvalue weighted by atomic mass is 9.52. The second-order valence-corrected chi connectivity index (χ2v) is 15.7. The van der Waals surface area contributed by atoms with Crippen molar-refractivity contribution in [3.05, 3.63) is 29.3 Å². The molecule has 3 aliphatic carbocycles. The van der Waals surface area contributed by atoms with E-state index >= 15 is 4.39 Å². The predicted octanol–water partition coefficient (Wildman–Crippen LogP) is 11.0. The second-order valence-electron chi connectivity index (χ2n) is 15.7. The average molecular weight is 792 g/mol. The lowest BCUT2D eigenvalue weighted by Crippen LogP contribution is -2.70. The Kier molecular flexibility index (Phi) is 12.8. The number of aliphatic hydroxyl groups is 1. The fourth-order valence-electron chi connectivity index (χ4n) is 9.16. The van der Waals surface area contributed by atoms with Crippen LogP contribution in [0.25, 0.3) is 0 Å². The van der Waals surface area contributed by atoms with Crippen molar-refractivity contribution >= 4 is 0 Å². The number of hydrogen-bond donors (Lipinski definition) is 2. The molecule has 1 unspecified atom stereocenters. The molecule has 17 heteroatoms. The van der Waals surface area contributed by atoms with Gasteiger partial charge in [-0.15, -0.1) is 0 Å². The van der Waals surface area contributed by atoms with E-state index < -0.39 is 60.9 Å². The number of unbranched alkanes of at least 4 members (excludes halogenated alkanes) is 3. The Balaban J connectivity index is 1.21. The largest absolute Gasteiger partial charge is 0.508 e. The van der Waals surface area contributed by atoms with E-state index in [2.05, 4.69) is 6.92 Å². The maximum atomic E-state index is 15.6. The van der Waals surface area contributed by atoms with Gasteiger partial charge in [-0.3, -0.25) is 0 Å². The van der Waals surface area contributed by atoms with Gasteiger partial charge in [-0.2, -0.15) is 57.1 Å². The number of phenolic OH excluding ortho intramolecular Hbond substituents is 1. The normalized spacial score (nSPS) is 27.8. The van der Waals surface area contributed by atoms with Gasteiger partial charge in [0.05, 0.1) is 6.10 Å². The van der Waals surface area contributed by atoms with Gasteiger partial charge in [-0.1, -0.05) is 25.8 Å². The number of fused-ring (bicyclic) bond motifs is 5. The minimum atomic E-state index is -7.88. The molecule has 2 saturated carbocycles. The lowest BCUT2D eigenvalue weighted by molar-refractivity contribution is -0.440. The standard InChI is InChI=1S/C36H47F14NO2/c1-30-15-13-26-25-10-9-24(52)20-21(25)18-22(29(26)27(30)11-12-28(30)53)19-23(37)8-7-17-51(2)16-6-4-3-5-14-31(38,39)32(40,41)33(42,43)34(44,45)35(46,47)36(48,49)50/h9-10,20,22-23,26-29,52-53H,3-8,11-19H2,1-2H3/t22-,23?,26+,27-,28-,29+,30-/m0/s1. The van der Waals surface area contributed by atoms with Gasteiger partial charge in [0.15, 0.2) is 0 Å². The maximum Gasteiger partial charge on any atom is 0.460 e. The number of alkyl halides is 14. The Bertz CT molecular complexity index is 1390. The third kappa shape index (κ3) is 8.12. The van der Waals surface area contributed by atoms with Crippen molar-refractivity contribution in [1.29, 1.82) is 0 Å². The summed E-state index contributed by atoms with van der Waals surface area (Å²) in [5.74, 6) is -35.8. The smallest absolute Gasteiger partial charge is 0.460 e. The Hall–Kier alpha value is -2.04. The summed E-state index contributed by atoms with van der Waals surface area (Å²) in [6.07, 6.45) is -7.01. The van der Waals surface area contributed by atoms with Crippen molar-refractivity contribution in [2.45, 2.75) is 144 Å². The third-order valence-corrected chi connectivity index (χ3v) is 12.2. The van der Waals surface area contributed by atoms with Crippen LogP contribution in [0.2, 0.25) is 0 Å². The van der Waals surface area contributed by atoms with Crippen LogP contribution >= 0.6 is 0 Å². The number of phenols is 1. The van der Waals surface area contributed by atoms with Crippen molar-refractivity contribution < 1.29 is 71.7 Å². The average Bonchev–Trinajstić information content (AvgIpc) is 3.35. The lowest BCUT2D eigenvalue weighted by Gasteiger charge is -2.53. The number of halogens is 14. The number of aliphatic hydroxyl groups excluding tert-OH is 1. The first kappa shape index (κ1) is 43.7. The summed E-state index contributed by atoms with van der Waals surface area (Å²) < 4.78 is 188. The van der Waals surface area contributed by atoms with E-state index in [0.29, 0.717) is 38.8 Å². The van der Waals surface area contributed by atoms with Crippen LogP contribution in [0.15, 0.2) is 18.2 Å². The summed E-state index contributed by atoms with van der Waals surface area (Å²) >= 11 is 0. The van der Waals surface area contributed by atoms with Gasteiger partial charge < -0.3 is 15.1 Å². The fraction of sp³-hybridized carbons (Fsp3) is 0.833. The Labute approximate surface area is 299 Å². The van der Waals surface area contributed by atoms with Crippen LogP contribution in [0, 0.1) is 23.2 Å². The number of nitrogens with zero attached hydrogens (tertiary/aromatic N) is 1. The quantitative estimate of drug-likeness (QED) is 0.122. The molecular weight excluding hydrogens is 744 g/mol. The third-order valence-electron chi connectivity index (χ3n) is 12.2. The van der Waals surface area contributed by atoms with Crippen LogP contribution in [-0.4, -0.2) is 83.3 Å². The van der Waals surface area contributed by atoms with E-state index in [1.807, 2.05) is 6.07 Å². The molecule has 0 amide bonds. The van der Waals surface area contributed by atoms with Gasteiger partial charge in [-0.25, -0.2) is 4.39 Å². The molecule has 0 saturated heterocycles. The summed E-state index contributed by atoms with van der Waals surface area (Å²) in [5, 5.41) is 21.0. The van der Waals surface area contributed by atoms with Crippen LogP contribution in [0.1, 0.15) is 101 Å². The zero-order valence-electron chi connectivity index (χ0n) is 29.4. The fourth-order valence-corrected chi connectivity index (χ4v) is 9.16. The Morgan fingerprint density at radius 2 is 1.40 bits per heavy atom. The first-order valence-electron chi connectivity index (χ1n) is 18.0. The van der Waals surface area contributed by atoms with Gasteiger partial charge in [0.25, 0.3) is 0 Å². The van der Waals surface area contributed by atoms with Gasteiger partial charge in [0.2, 0.25) is 0 Å². The predicted molar refractivity (Wildman–Crippen MR) is 168 cm³/mol. The molecule has 0 spiro atoms. The molecule has 306 valence electrons. The van der Waals surface area contributed by atoms with E-state index in [1.165, 1.54) is 5.56 Å². The molecule has 0 bridgehead atoms. The van der Waals surface area contributed by atoms with E-state index in [1.54, 1.807) is 24.1 Å². The molecule has 2 fully saturated rings. The molecule has 4 rings (SSSR count). The second kappa shape index (κ2) is 15.5. The van der Waals surface area contributed by atoms with Crippen LogP contribution in [0.3, 0.4) is 0 Å². The number of rotatable bonds is 17. The summed E-state index contributed by atoms with van der Waals surface area (Å²) in [7, 11) is 1.70. The van der Waals surface area contributed by atoms with Gasteiger partial charge in [0, 0.05) is 6.42 Å². The molecule has 1 aromatic carbocycles. The first-order chi connectivity index (χ1) is 24.2. The topological polar surface area (TPSA) is 43.7 Å². The van der Waals surface area contributed by atoms with Crippen molar-refractivity contribution in [1.82, 2.24) is 4.90 Å². The highest BCUT2D eigenvalue weighted by molar-refractivity contribution is 5.41. The maximum absolute atomic E-state index is 15.6. The first-order valence-corrected chi connectivity index (χ1v) is 18.0. The molecule has 0 heterocycles. The molecule has 3 aliphatic rings. The minimum Gasteiger partial charge on any atom is -0.508 e. The molecule has 3 nitrogen and oxygen atoms in total. The van der Waals surface area contributed by atoms with Crippen molar-refractivity contribution in [2.24, 2.45) is 23.2 Å². The zero-order valence-corrected chi connectivity index (χ0v) is 29.4. The highest BCUT2D eigenvalue weighted by Crippen LogP contribution is 2.63. The van der Waals surface area contributed by atoms with Crippen LogP contribution in [0.4, 0.5) is 61.5 Å². The van der Waals surface area contributed by atoms with Crippen LogP contribution in [0.5, 0.6) is 5.75 Å². The molecule has 0 aliphatic heterocycles. The summed E-state index contributed by atoms with van der Waals surface area (Å²) in [6, 6.07) is 5.40. The molecule has 7 atom stereocenters. The van der Waals surface area contributed by atoms with E-state index in [-0.39, 0.29) is 60.5 Å². The molecule has 53 heavy (non-hydrogen) atoms. The van der Waals surface area contributed by atoms with Crippen molar-refractivity contribution in [2.75, 3.05) is 20.1 Å². The van der Waals surface area contributed by atoms with E-state index in [0.717, 1.165) is 24.8 Å². The summed E-state index contributed by atoms with van der Waals surface area (Å²) in [5.41, 5.74) is 1.99. The highest BCUT2D eigenvalue weighted by Gasteiger charge is 2.90. The van der Waals surface area contributed by atoms with Gasteiger partial charge in [-0.05, 0) is 137 Å². The monoisotopic (exact) mass is 791 g/mol.